The molecule has 1 saturated heterocycles. The summed E-state index contributed by atoms with van der Waals surface area (Å²) in [7, 11) is -3.61. The number of halogens is 3. The predicted molar refractivity (Wildman–Crippen MR) is 111 cm³/mol. The van der Waals surface area contributed by atoms with Crippen molar-refractivity contribution in [2.45, 2.75) is 51.7 Å². The van der Waals surface area contributed by atoms with Gasteiger partial charge in [-0.3, -0.25) is 9.59 Å². The second kappa shape index (κ2) is 10.4. The van der Waals surface area contributed by atoms with Gasteiger partial charge in [0, 0.05) is 13.1 Å². The summed E-state index contributed by atoms with van der Waals surface area (Å²) in [6.07, 6.45) is -2.56. The summed E-state index contributed by atoms with van der Waals surface area (Å²) in [4.78, 5) is 26.7. The number of nitrogens with one attached hydrogen (secondary N) is 1. The first-order valence-corrected chi connectivity index (χ1v) is 11.9. The van der Waals surface area contributed by atoms with Gasteiger partial charge in [-0.2, -0.15) is 17.5 Å². The topological polar surface area (TPSA) is 86.8 Å². The lowest BCUT2D eigenvalue weighted by molar-refractivity contribution is -0.139. The van der Waals surface area contributed by atoms with E-state index < -0.39 is 51.9 Å². The van der Waals surface area contributed by atoms with Crippen LogP contribution in [-0.4, -0.2) is 60.9 Å². The first-order valence-electron chi connectivity index (χ1n) is 10.3. The standard InChI is InChI=1S/C20H28F3N3O4S/c1-3-13-31(29,30)26-12-8-7-11-17(26)19(28)25(4-2)14-18(27)24-16-10-6-5-9-15(16)20(21,22)23/h5-6,9-10,17H,3-4,7-8,11-14H2,1-2H3,(H,24,27). The number of carbonyl (C=O) groups excluding carboxylic acids is 2. The summed E-state index contributed by atoms with van der Waals surface area (Å²) in [5, 5.41) is 2.22. The van der Waals surface area contributed by atoms with Crippen molar-refractivity contribution >= 4 is 27.5 Å². The third-order valence-electron chi connectivity index (χ3n) is 5.09. The van der Waals surface area contributed by atoms with Gasteiger partial charge >= 0.3 is 6.18 Å². The van der Waals surface area contributed by atoms with Crippen molar-refractivity contribution in [1.29, 1.82) is 0 Å². The number of rotatable bonds is 8. The molecule has 0 spiro atoms. The van der Waals surface area contributed by atoms with Crippen LogP contribution in [0.25, 0.3) is 0 Å². The maximum absolute atomic E-state index is 13.1. The Kier molecular flexibility index (Phi) is 8.47. The van der Waals surface area contributed by atoms with E-state index in [0.29, 0.717) is 25.7 Å². The average Bonchev–Trinajstić information content (AvgIpc) is 2.71. The van der Waals surface area contributed by atoms with Gasteiger partial charge < -0.3 is 10.2 Å². The zero-order chi connectivity index (χ0) is 23.2. The molecule has 1 unspecified atom stereocenters. The third kappa shape index (κ3) is 6.42. The Hall–Kier alpha value is -2.14. The van der Waals surface area contributed by atoms with E-state index in [1.165, 1.54) is 21.3 Å². The molecule has 1 atom stereocenters. The minimum atomic E-state index is -4.64. The summed E-state index contributed by atoms with van der Waals surface area (Å²) in [5.74, 6) is -1.37. The van der Waals surface area contributed by atoms with E-state index in [-0.39, 0.29) is 18.8 Å². The Bertz CT molecular complexity index is 890. The molecule has 0 radical (unpaired) electrons. The molecule has 0 aliphatic carbocycles. The van der Waals surface area contributed by atoms with Gasteiger partial charge in [-0.05, 0) is 38.3 Å². The summed E-state index contributed by atoms with van der Waals surface area (Å²) in [5.41, 5.74) is -1.38. The number of para-hydroxylation sites is 1. The Balaban J connectivity index is 2.15. The van der Waals surface area contributed by atoms with Crippen LogP contribution in [0.5, 0.6) is 0 Å². The molecule has 11 heteroatoms. The molecule has 7 nitrogen and oxygen atoms in total. The summed E-state index contributed by atoms with van der Waals surface area (Å²) < 4.78 is 65.8. The lowest BCUT2D eigenvalue weighted by atomic mass is 10.0. The van der Waals surface area contributed by atoms with Crippen molar-refractivity contribution < 1.29 is 31.2 Å². The minimum absolute atomic E-state index is 0.0718. The fraction of sp³-hybridized carbons (Fsp3) is 0.600. The maximum atomic E-state index is 13.1. The molecule has 1 heterocycles. The molecule has 0 saturated carbocycles. The van der Waals surface area contributed by atoms with Crippen LogP contribution in [0.4, 0.5) is 18.9 Å². The molecule has 1 aromatic carbocycles. The molecule has 1 fully saturated rings. The Morgan fingerprint density at radius 1 is 1.19 bits per heavy atom. The number of piperidine rings is 1. The lowest BCUT2D eigenvalue weighted by Gasteiger charge is -2.36. The number of benzene rings is 1. The molecule has 0 bridgehead atoms. The van der Waals surface area contributed by atoms with E-state index in [0.717, 1.165) is 12.1 Å². The fourth-order valence-electron chi connectivity index (χ4n) is 3.62. The molecule has 1 aliphatic rings. The highest BCUT2D eigenvalue weighted by Crippen LogP contribution is 2.34. The number of carbonyl (C=O) groups is 2. The highest BCUT2D eigenvalue weighted by molar-refractivity contribution is 7.89. The lowest BCUT2D eigenvalue weighted by Crippen LogP contribution is -2.54. The van der Waals surface area contributed by atoms with Crippen molar-refractivity contribution in [1.82, 2.24) is 9.21 Å². The van der Waals surface area contributed by atoms with E-state index >= 15 is 0 Å². The SMILES string of the molecule is CCCS(=O)(=O)N1CCCCC1C(=O)N(CC)CC(=O)Nc1ccccc1C(F)(F)F. The van der Waals surface area contributed by atoms with Gasteiger partial charge in [-0.25, -0.2) is 8.42 Å². The number of likely N-dealkylation sites (N-methyl/N-ethyl adjacent to an activating group) is 1. The van der Waals surface area contributed by atoms with Crippen LogP contribution in [0.1, 0.15) is 45.1 Å². The van der Waals surface area contributed by atoms with E-state index in [2.05, 4.69) is 5.32 Å². The van der Waals surface area contributed by atoms with Crippen molar-refractivity contribution in [3.63, 3.8) is 0 Å². The van der Waals surface area contributed by atoms with Gasteiger partial charge in [0.05, 0.1) is 23.5 Å². The van der Waals surface area contributed by atoms with Crippen molar-refractivity contribution in [2.24, 2.45) is 0 Å². The smallest absolute Gasteiger partial charge is 0.332 e. The first-order chi connectivity index (χ1) is 14.5. The third-order valence-corrected chi connectivity index (χ3v) is 7.17. The molecule has 31 heavy (non-hydrogen) atoms. The van der Waals surface area contributed by atoms with Gasteiger partial charge in [0.1, 0.15) is 6.04 Å². The van der Waals surface area contributed by atoms with Gasteiger partial charge in [-0.15, -0.1) is 0 Å². The molecule has 1 aromatic rings. The average molecular weight is 464 g/mol. The van der Waals surface area contributed by atoms with Crippen molar-refractivity contribution in [3.05, 3.63) is 29.8 Å². The van der Waals surface area contributed by atoms with Gasteiger partial charge in [-0.1, -0.05) is 25.5 Å². The molecule has 2 amide bonds. The number of sulfonamides is 1. The summed E-state index contributed by atoms with van der Waals surface area (Å²) in [6.45, 7) is 3.24. The molecule has 2 rings (SSSR count). The molecule has 1 aliphatic heterocycles. The zero-order valence-electron chi connectivity index (χ0n) is 17.6. The normalized spacial score (nSPS) is 17.9. The van der Waals surface area contributed by atoms with E-state index in [9.17, 15) is 31.2 Å². The molecular formula is C20H28F3N3O4S. The van der Waals surface area contributed by atoms with E-state index in [1.54, 1.807) is 13.8 Å². The van der Waals surface area contributed by atoms with Crippen LogP contribution in [0.15, 0.2) is 24.3 Å². The molecular weight excluding hydrogens is 435 g/mol. The van der Waals surface area contributed by atoms with Gasteiger partial charge in [0.25, 0.3) is 0 Å². The van der Waals surface area contributed by atoms with Crippen molar-refractivity contribution in [3.8, 4) is 0 Å². The van der Waals surface area contributed by atoms with Gasteiger partial charge in [0.2, 0.25) is 21.8 Å². The van der Waals surface area contributed by atoms with Crippen molar-refractivity contribution in [2.75, 3.05) is 30.7 Å². The molecule has 174 valence electrons. The fourth-order valence-corrected chi connectivity index (χ4v) is 5.36. The second-order valence-corrected chi connectivity index (χ2v) is 9.42. The summed E-state index contributed by atoms with van der Waals surface area (Å²) in [6, 6.07) is 3.68. The second-order valence-electron chi connectivity index (χ2n) is 7.38. The maximum Gasteiger partial charge on any atom is 0.418 e. The number of anilines is 1. The van der Waals surface area contributed by atoms with Crippen LogP contribution in [0, 0.1) is 0 Å². The van der Waals surface area contributed by atoms with Crippen LogP contribution < -0.4 is 5.32 Å². The summed E-state index contributed by atoms with van der Waals surface area (Å²) >= 11 is 0. The zero-order valence-corrected chi connectivity index (χ0v) is 18.4. The van der Waals surface area contributed by atoms with Crippen LogP contribution >= 0.6 is 0 Å². The largest absolute Gasteiger partial charge is 0.418 e. The highest BCUT2D eigenvalue weighted by atomic mass is 32.2. The Morgan fingerprint density at radius 3 is 2.48 bits per heavy atom. The number of nitrogens with zero attached hydrogens (tertiary/aromatic N) is 2. The van der Waals surface area contributed by atoms with Crippen LogP contribution in [-0.2, 0) is 25.8 Å². The quantitative estimate of drug-likeness (QED) is 0.642. The van der Waals surface area contributed by atoms with Crippen LogP contribution in [0.2, 0.25) is 0 Å². The van der Waals surface area contributed by atoms with E-state index in [4.69, 9.17) is 0 Å². The predicted octanol–water partition coefficient (Wildman–Crippen LogP) is 3.09. The molecule has 0 aromatic heterocycles. The highest BCUT2D eigenvalue weighted by Gasteiger charge is 2.38. The van der Waals surface area contributed by atoms with E-state index in [1.807, 2.05) is 0 Å². The number of alkyl halides is 3. The minimum Gasteiger partial charge on any atom is -0.332 e. The Morgan fingerprint density at radius 2 is 1.87 bits per heavy atom. The number of amides is 2. The number of hydrogen-bond acceptors (Lipinski definition) is 4. The molecule has 1 N–H and O–H groups in total. The first kappa shape index (κ1) is 25.1. The monoisotopic (exact) mass is 463 g/mol. The number of hydrogen-bond donors (Lipinski definition) is 1. The Labute approximate surface area is 180 Å². The van der Waals surface area contributed by atoms with Gasteiger partial charge in [0.15, 0.2) is 0 Å². The van der Waals surface area contributed by atoms with Crippen LogP contribution in [0.3, 0.4) is 0 Å².